The van der Waals surface area contributed by atoms with Crippen LogP contribution in [0.2, 0.25) is 0 Å². The van der Waals surface area contributed by atoms with Crippen LogP contribution in [0.15, 0.2) is 60.7 Å². The lowest BCUT2D eigenvalue weighted by Crippen LogP contribution is -2.43. The number of ketones is 1. The summed E-state index contributed by atoms with van der Waals surface area (Å²) in [5.74, 6) is -0.704. The highest BCUT2D eigenvalue weighted by Gasteiger charge is 2.23. The number of amides is 1. The summed E-state index contributed by atoms with van der Waals surface area (Å²) < 4.78 is 10.9. The number of hydrogen-bond donors (Lipinski definition) is 2. The third-order valence-electron chi connectivity index (χ3n) is 7.03. The molecule has 0 radical (unpaired) electrons. The molecule has 0 saturated carbocycles. The zero-order chi connectivity index (χ0) is 30.4. The highest BCUT2D eigenvalue weighted by atomic mass is 16.5. The summed E-state index contributed by atoms with van der Waals surface area (Å²) in [7, 11) is 1.74. The Kier molecular flexibility index (Phi) is 17.5. The van der Waals surface area contributed by atoms with Crippen molar-refractivity contribution in [2.75, 3.05) is 20.3 Å². The molecule has 0 aliphatic carbocycles. The van der Waals surface area contributed by atoms with Gasteiger partial charge in [-0.3, -0.25) is 9.59 Å². The van der Waals surface area contributed by atoms with E-state index in [0.29, 0.717) is 38.5 Å². The molecule has 0 heterocycles. The van der Waals surface area contributed by atoms with E-state index in [-0.39, 0.29) is 30.9 Å². The molecule has 0 saturated heterocycles. The number of Topliss-reactive ketones (excluding diaryl/α,β-unsaturated/α-hetero) is 1. The zero-order valence-corrected chi connectivity index (χ0v) is 25.3. The van der Waals surface area contributed by atoms with Gasteiger partial charge in [0, 0.05) is 19.3 Å². The zero-order valence-electron chi connectivity index (χ0n) is 25.3. The van der Waals surface area contributed by atoms with Gasteiger partial charge in [0.05, 0.1) is 13.2 Å². The fourth-order valence-corrected chi connectivity index (χ4v) is 4.58. The van der Waals surface area contributed by atoms with Crippen LogP contribution in [0.3, 0.4) is 0 Å². The van der Waals surface area contributed by atoms with Gasteiger partial charge in [-0.05, 0) is 57.2 Å². The van der Waals surface area contributed by atoms with E-state index in [2.05, 4.69) is 10.6 Å². The number of ether oxygens (including phenoxy) is 2. The fourth-order valence-electron chi connectivity index (χ4n) is 4.58. The summed E-state index contributed by atoms with van der Waals surface area (Å²) in [6.07, 6.45) is 8.73. The molecule has 230 valence electrons. The van der Waals surface area contributed by atoms with E-state index in [1.807, 2.05) is 60.7 Å². The van der Waals surface area contributed by atoms with Crippen LogP contribution >= 0.6 is 0 Å². The van der Waals surface area contributed by atoms with Crippen molar-refractivity contribution in [3.05, 3.63) is 71.8 Å². The largest absolute Gasteiger partial charge is 0.465 e. The molecule has 2 rings (SSSR count). The normalized spacial score (nSPS) is 12.2. The second-order valence-electron chi connectivity index (χ2n) is 10.7. The quantitative estimate of drug-likeness (QED) is 0.147. The summed E-state index contributed by atoms with van der Waals surface area (Å²) in [6, 6.07) is 18.1. The first-order valence-electron chi connectivity index (χ1n) is 15.3. The summed E-state index contributed by atoms with van der Waals surface area (Å²) >= 11 is 0. The van der Waals surface area contributed by atoms with Crippen LogP contribution in [-0.2, 0) is 41.5 Å². The lowest BCUT2D eigenvalue weighted by Gasteiger charge is -2.18. The molecule has 1 amide bonds. The predicted molar refractivity (Wildman–Crippen MR) is 164 cm³/mol. The topological polar surface area (TPSA) is 111 Å². The number of nitrogens with one attached hydrogen (secondary N) is 2. The van der Waals surface area contributed by atoms with Crippen LogP contribution in [0.5, 0.6) is 0 Å². The third kappa shape index (κ3) is 15.5. The Bertz CT molecular complexity index is 1060. The lowest BCUT2D eigenvalue weighted by molar-refractivity contribution is -0.149. The molecular formula is C34H48N2O6. The van der Waals surface area contributed by atoms with Crippen LogP contribution in [-0.4, -0.2) is 56.0 Å². The van der Waals surface area contributed by atoms with Crippen molar-refractivity contribution >= 4 is 23.6 Å². The van der Waals surface area contributed by atoms with E-state index in [1.54, 1.807) is 14.0 Å². The summed E-state index contributed by atoms with van der Waals surface area (Å²) in [4.78, 5) is 49.0. The highest BCUT2D eigenvalue weighted by Crippen LogP contribution is 2.11. The third-order valence-corrected chi connectivity index (χ3v) is 7.03. The van der Waals surface area contributed by atoms with Gasteiger partial charge in [0.25, 0.3) is 0 Å². The SMILES string of the molecule is CNC(Cc1ccccc1)C(=O)OCCCCOC(=O)C(Cc1ccccc1)NC(=O)CCCCCCCCC(C)=O. The van der Waals surface area contributed by atoms with Crippen LogP contribution in [0, 0.1) is 0 Å². The second-order valence-corrected chi connectivity index (χ2v) is 10.7. The Morgan fingerprint density at radius 3 is 1.57 bits per heavy atom. The molecule has 2 atom stereocenters. The number of unbranched alkanes of at least 4 members (excludes halogenated alkanes) is 6. The van der Waals surface area contributed by atoms with Gasteiger partial charge in [-0.15, -0.1) is 0 Å². The van der Waals surface area contributed by atoms with Gasteiger partial charge >= 0.3 is 11.9 Å². The molecule has 0 aliphatic heterocycles. The Morgan fingerprint density at radius 1 is 0.619 bits per heavy atom. The first-order chi connectivity index (χ1) is 20.4. The minimum Gasteiger partial charge on any atom is -0.465 e. The molecule has 0 bridgehead atoms. The summed E-state index contributed by atoms with van der Waals surface area (Å²) in [5.41, 5.74) is 1.99. The van der Waals surface area contributed by atoms with Crippen LogP contribution < -0.4 is 10.6 Å². The maximum atomic E-state index is 12.9. The van der Waals surface area contributed by atoms with Gasteiger partial charge < -0.3 is 24.9 Å². The van der Waals surface area contributed by atoms with Crippen molar-refractivity contribution in [3.63, 3.8) is 0 Å². The van der Waals surface area contributed by atoms with E-state index >= 15 is 0 Å². The van der Waals surface area contributed by atoms with E-state index in [1.165, 1.54) is 0 Å². The Balaban J connectivity index is 1.69. The minimum absolute atomic E-state index is 0.161. The maximum Gasteiger partial charge on any atom is 0.328 e. The smallest absolute Gasteiger partial charge is 0.328 e. The van der Waals surface area contributed by atoms with Crippen LogP contribution in [0.4, 0.5) is 0 Å². The molecule has 0 aromatic heterocycles. The van der Waals surface area contributed by atoms with Gasteiger partial charge in [0.2, 0.25) is 5.91 Å². The van der Waals surface area contributed by atoms with Gasteiger partial charge in [-0.2, -0.15) is 0 Å². The molecular weight excluding hydrogens is 532 g/mol. The minimum atomic E-state index is -0.765. The number of hydrogen-bond acceptors (Lipinski definition) is 7. The van der Waals surface area contributed by atoms with E-state index in [9.17, 15) is 19.2 Å². The van der Waals surface area contributed by atoms with Gasteiger partial charge in [-0.1, -0.05) is 86.3 Å². The molecule has 2 aromatic rings. The van der Waals surface area contributed by atoms with E-state index in [0.717, 1.165) is 49.7 Å². The second kappa shape index (κ2) is 21.2. The Morgan fingerprint density at radius 2 is 1.07 bits per heavy atom. The molecule has 8 heteroatoms. The average molecular weight is 581 g/mol. The number of benzene rings is 2. The first kappa shape index (κ1) is 34.7. The molecule has 2 N–H and O–H groups in total. The summed E-state index contributed by atoms with van der Waals surface area (Å²) in [6.45, 7) is 2.04. The van der Waals surface area contributed by atoms with Crippen LogP contribution in [0.1, 0.15) is 82.3 Å². The van der Waals surface area contributed by atoms with Crippen molar-refractivity contribution in [1.29, 1.82) is 0 Å². The summed E-state index contributed by atoms with van der Waals surface area (Å²) in [5, 5.41) is 5.87. The standard InChI is InChI=1S/C34H48N2O6/c1-27(37)17-9-5-3-4-6-14-22-32(38)36-31(26-29-20-12-8-13-21-29)34(40)42-24-16-15-23-41-33(39)30(35-2)25-28-18-10-7-11-19-28/h7-8,10-13,18-21,30-31,35H,3-6,9,14-17,22-26H2,1-2H3,(H,36,38). The molecule has 0 aliphatic rings. The van der Waals surface area contributed by atoms with Crippen molar-refractivity contribution < 1.29 is 28.7 Å². The van der Waals surface area contributed by atoms with Gasteiger partial charge in [0.1, 0.15) is 17.9 Å². The monoisotopic (exact) mass is 580 g/mol. The van der Waals surface area contributed by atoms with Crippen molar-refractivity contribution in [3.8, 4) is 0 Å². The Labute approximate surface area is 250 Å². The van der Waals surface area contributed by atoms with Gasteiger partial charge in [-0.25, -0.2) is 4.79 Å². The predicted octanol–water partition coefficient (Wildman–Crippen LogP) is 5.12. The number of carbonyl (C=O) groups excluding carboxylic acids is 4. The van der Waals surface area contributed by atoms with E-state index in [4.69, 9.17) is 9.47 Å². The number of esters is 2. The number of carbonyl (C=O) groups is 4. The molecule has 2 unspecified atom stereocenters. The van der Waals surface area contributed by atoms with E-state index < -0.39 is 18.1 Å². The lowest BCUT2D eigenvalue weighted by atomic mass is 10.0. The molecule has 8 nitrogen and oxygen atoms in total. The van der Waals surface area contributed by atoms with Crippen molar-refractivity contribution in [1.82, 2.24) is 10.6 Å². The average Bonchev–Trinajstić information content (AvgIpc) is 2.99. The molecule has 42 heavy (non-hydrogen) atoms. The highest BCUT2D eigenvalue weighted by molar-refractivity contribution is 5.84. The number of likely N-dealkylation sites (N-methyl/N-ethyl adjacent to an activating group) is 1. The van der Waals surface area contributed by atoms with Crippen molar-refractivity contribution in [2.24, 2.45) is 0 Å². The maximum absolute atomic E-state index is 12.9. The molecule has 0 spiro atoms. The van der Waals surface area contributed by atoms with Gasteiger partial charge in [0.15, 0.2) is 0 Å². The van der Waals surface area contributed by atoms with Crippen molar-refractivity contribution in [2.45, 2.75) is 96.1 Å². The Hall–Kier alpha value is -3.52. The number of rotatable bonds is 22. The first-order valence-corrected chi connectivity index (χ1v) is 15.3. The van der Waals surface area contributed by atoms with Crippen LogP contribution in [0.25, 0.3) is 0 Å². The molecule has 2 aromatic carbocycles. The fraction of sp³-hybridized carbons (Fsp3) is 0.529. The molecule has 0 fully saturated rings.